The first-order valence-electron chi connectivity index (χ1n) is 6.42. The summed E-state index contributed by atoms with van der Waals surface area (Å²) in [5.74, 6) is 0. The van der Waals surface area contributed by atoms with Crippen LogP contribution in [0.4, 0.5) is 0 Å². The van der Waals surface area contributed by atoms with Crippen molar-refractivity contribution in [3.8, 4) is 0 Å². The average molecular weight is 270 g/mol. The van der Waals surface area contributed by atoms with Gasteiger partial charge in [0.2, 0.25) is 0 Å². The quantitative estimate of drug-likeness (QED) is 0.835. The Morgan fingerprint density at radius 1 is 1.44 bits per heavy atom. The van der Waals surface area contributed by atoms with Gasteiger partial charge < -0.3 is 5.11 Å². The first-order chi connectivity index (χ1) is 8.72. The monoisotopic (exact) mass is 269 g/mol. The van der Waals surface area contributed by atoms with Crippen molar-refractivity contribution in [2.45, 2.75) is 36.8 Å². The summed E-state index contributed by atoms with van der Waals surface area (Å²) < 4.78 is 0. The summed E-state index contributed by atoms with van der Waals surface area (Å²) in [7, 11) is 1.93. The van der Waals surface area contributed by atoms with Crippen LogP contribution in [0.5, 0.6) is 0 Å². The number of rotatable bonds is 5. The van der Waals surface area contributed by atoms with Gasteiger partial charge in [0.1, 0.15) is 6.10 Å². The lowest BCUT2D eigenvalue weighted by Crippen LogP contribution is -2.32. The molecule has 1 fully saturated rings. The van der Waals surface area contributed by atoms with E-state index in [2.05, 4.69) is 12.1 Å². The third-order valence-electron chi connectivity index (χ3n) is 3.44. The van der Waals surface area contributed by atoms with Gasteiger partial charge in [-0.2, -0.15) is 5.06 Å². The molecule has 1 aromatic carbocycles. The molecule has 1 unspecified atom stereocenters. The molecule has 100 valence electrons. The van der Waals surface area contributed by atoms with Crippen molar-refractivity contribution in [3.05, 3.63) is 35.9 Å². The first-order valence-corrected chi connectivity index (χ1v) is 6.85. The molecule has 1 aromatic rings. The molecule has 1 aliphatic rings. The molecule has 3 atom stereocenters. The minimum absolute atomic E-state index is 0.0239. The molecule has 3 nitrogen and oxygen atoms in total. The first kappa shape index (κ1) is 13.8. The SMILES string of the molecule is CN1O[C@@H](c2ccccc2)C[C@H]1C(Cl)CCCO. The van der Waals surface area contributed by atoms with Crippen LogP contribution in [0.1, 0.15) is 30.9 Å². The highest BCUT2D eigenvalue weighted by Crippen LogP contribution is 2.35. The van der Waals surface area contributed by atoms with E-state index in [4.69, 9.17) is 21.5 Å². The smallest absolute Gasteiger partial charge is 0.106 e. The molecule has 18 heavy (non-hydrogen) atoms. The summed E-state index contributed by atoms with van der Waals surface area (Å²) in [6.45, 7) is 0.197. The zero-order valence-corrected chi connectivity index (χ0v) is 11.4. The molecule has 1 N–H and O–H groups in total. The summed E-state index contributed by atoms with van der Waals surface area (Å²) in [6, 6.07) is 10.4. The van der Waals surface area contributed by atoms with Gasteiger partial charge in [0, 0.05) is 13.7 Å². The molecular formula is C14H20ClNO2. The van der Waals surface area contributed by atoms with Crippen LogP contribution >= 0.6 is 11.6 Å². The van der Waals surface area contributed by atoms with Crippen LogP contribution < -0.4 is 0 Å². The van der Waals surface area contributed by atoms with Crippen molar-refractivity contribution < 1.29 is 9.94 Å². The fraction of sp³-hybridized carbons (Fsp3) is 0.571. The number of benzene rings is 1. The van der Waals surface area contributed by atoms with Gasteiger partial charge in [-0.15, -0.1) is 11.6 Å². The van der Waals surface area contributed by atoms with Gasteiger partial charge in [-0.1, -0.05) is 30.3 Å². The molecule has 0 saturated carbocycles. The topological polar surface area (TPSA) is 32.7 Å². The van der Waals surface area contributed by atoms with E-state index in [1.165, 1.54) is 5.56 Å². The minimum Gasteiger partial charge on any atom is -0.396 e. The maximum atomic E-state index is 8.85. The number of halogens is 1. The van der Waals surface area contributed by atoms with E-state index in [0.717, 1.165) is 19.3 Å². The largest absolute Gasteiger partial charge is 0.396 e. The number of hydrogen-bond donors (Lipinski definition) is 1. The van der Waals surface area contributed by atoms with Crippen molar-refractivity contribution in [2.24, 2.45) is 0 Å². The van der Waals surface area contributed by atoms with Gasteiger partial charge >= 0.3 is 0 Å². The normalized spacial score (nSPS) is 26.4. The lowest BCUT2D eigenvalue weighted by atomic mass is 9.99. The summed E-state index contributed by atoms with van der Waals surface area (Å²) in [4.78, 5) is 5.85. The Morgan fingerprint density at radius 3 is 2.83 bits per heavy atom. The van der Waals surface area contributed by atoms with Gasteiger partial charge in [0.15, 0.2) is 0 Å². The minimum atomic E-state index is 0.0239. The van der Waals surface area contributed by atoms with E-state index >= 15 is 0 Å². The molecule has 0 radical (unpaired) electrons. The van der Waals surface area contributed by atoms with Gasteiger partial charge in [0.25, 0.3) is 0 Å². The second-order valence-corrected chi connectivity index (χ2v) is 5.30. The number of nitrogens with zero attached hydrogens (tertiary/aromatic N) is 1. The zero-order chi connectivity index (χ0) is 13.0. The van der Waals surface area contributed by atoms with Crippen LogP contribution in [-0.2, 0) is 4.84 Å². The lowest BCUT2D eigenvalue weighted by Gasteiger charge is -2.21. The van der Waals surface area contributed by atoms with E-state index in [1.54, 1.807) is 0 Å². The Kier molecular flexibility index (Phi) is 5.01. The molecule has 1 heterocycles. The lowest BCUT2D eigenvalue weighted by molar-refractivity contribution is -0.145. The molecule has 0 bridgehead atoms. The van der Waals surface area contributed by atoms with Crippen molar-refractivity contribution in [1.29, 1.82) is 0 Å². The molecule has 1 saturated heterocycles. The van der Waals surface area contributed by atoms with Gasteiger partial charge in [-0.25, -0.2) is 0 Å². The predicted octanol–water partition coefficient (Wildman–Crippen LogP) is 2.74. The highest BCUT2D eigenvalue weighted by Gasteiger charge is 2.35. The molecule has 1 aliphatic heterocycles. The van der Waals surface area contributed by atoms with Crippen LogP contribution in [0, 0.1) is 0 Å². The number of hydrogen-bond acceptors (Lipinski definition) is 3. The fourth-order valence-corrected chi connectivity index (χ4v) is 2.82. The van der Waals surface area contributed by atoms with Crippen LogP contribution in [0.15, 0.2) is 30.3 Å². The fourth-order valence-electron chi connectivity index (χ4n) is 2.41. The maximum absolute atomic E-state index is 8.85. The third kappa shape index (κ3) is 3.23. The Hall–Kier alpha value is -0.610. The molecule has 0 aromatic heterocycles. The van der Waals surface area contributed by atoms with Crippen LogP contribution in [0.25, 0.3) is 0 Å². The molecule has 0 aliphatic carbocycles. The molecule has 0 spiro atoms. The Balaban J connectivity index is 1.96. The van der Waals surface area contributed by atoms with Crippen molar-refractivity contribution in [2.75, 3.05) is 13.7 Å². The van der Waals surface area contributed by atoms with E-state index in [1.807, 2.05) is 30.3 Å². The Morgan fingerprint density at radius 2 is 2.17 bits per heavy atom. The molecule has 4 heteroatoms. The summed E-state index contributed by atoms with van der Waals surface area (Å²) >= 11 is 6.38. The van der Waals surface area contributed by atoms with E-state index in [9.17, 15) is 0 Å². The summed E-state index contributed by atoms with van der Waals surface area (Å²) in [5, 5.41) is 10.7. The third-order valence-corrected chi connectivity index (χ3v) is 3.95. The number of aliphatic hydroxyl groups excluding tert-OH is 1. The summed E-state index contributed by atoms with van der Waals surface area (Å²) in [6.07, 6.45) is 2.56. The number of aliphatic hydroxyl groups is 1. The van der Waals surface area contributed by atoms with Gasteiger partial charge in [-0.05, 0) is 24.8 Å². The summed E-state index contributed by atoms with van der Waals surface area (Å²) in [5.41, 5.74) is 1.19. The second-order valence-electron chi connectivity index (χ2n) is 4.74. The highest BCUT2D eigenvalue weighted by molar-refractivity contribution is 6.21. The Bertz CT molecular complexity index is 360. The highest BCUT2D eigenvalue weighted by atomic mass is 35.5. The Labute approximate surface area is 113 Å². The zero-order valence-electron chi connectivity index (χ0n) is 10.6. The van der Waals surface area contributed by atoms with Crippen LogP contribution in [-0.4, -0.2) is 35.2 Å². The van der Waals surface area contributed by atoms with Crippen LogP contribution in [0.3, 0.4) is 0 Å². The van der Waals surface area contributed by atoms with Crippen LogP contribution in [0.2, 0.25) is 0 Å². The van der Waals surface area contributed by atoms with Crippen molar-refractivity contribution in [3.63, 3.8) is 0 Å². The van der Waals surface area contributed by atoms with E-state index in [0.29, 0.717) is 0 Å². The van der Waals surface area contributed by atoms with Crippen molar-refractivity contribution >= 4 is 11.6 Å². The molecule has 2 rings (SSSR count). The van der Waals surface area contributed by atoms with E-state index in [-0.39, 0.29) is 24.1 Å². The van der Waals surface area contributed by atoms with Gasteiger partial charge in [0.05, 0.1) is 11.4 Å². The average Bonchev–Trinajstić information content (AvgIpc) is 2.79. The number of alkyl halides is 1. The second kappa shape index (κ2) is 6.53. The maximum Gasteiger partial charge on any atom is 0.106 e. The van der Waals surface area contributed by atoms with Gasteiger partial charge in [-0.3, -0.25) is 4.84 Å². The predicted molar refractivity (Wildman–Crippen MR) is 72.4 cm³/mol. The molecular weight excluding hydrogens is 250 g/mol. The standard InChI is InChI=1S/C14H20ClNO2/c1-16-13(12(15)8-5-9-17)10-14(18-16)11-6-3-2-4-7-11/h2-4,6-7,12-14,17H,5,8-10H2,1H3/t12?,13-,14+/m0/s1. The van der Waals surface area contributed by atoms with E-state index < -0.39 is 0 Å². The van der Waals surface area contributed by atoms with Crippen molar-refractivity contribution in [1.82, 2.24) is 5.06 Å². The number of hydroxylamine groups is 2. The molecule has 0 amide bonds.